The molecule has 32 heavy (non-hydrogen) atoms. The molecule has 1 aliphatic rings. The van der Waals surface area contributed by atoms with E-state index in [1.807, 2.05) is 30.3 Å². The second kappa shape index (κ2) is 15.6. The van der Waals surface area contributed by atoms with Gasteiger partial charge in [0.15, 0.2) is 5.78 Å². The summed E-state index contributed by atoms with van der Waals surface area (Å²) in [6, 6.07) is 7.95. The fraction of sp³-hybridized carbons (Fsp3) is 0.536. The molecule has 0 saturated carbocycles. The van der Waals surface area contributed by atoms with E-state index in [9.17, 15) is 9.90 Å². The summed E-state index contributed by atoms with van der Waals surface area (Å²) in [4.78, 5) is 12.2. The van der Waals surface area contributed by atoms with Gasteiger partial charge < -0.3 is 14.6 Å². The molecule has 0 amide bonds. The lowest BCUT2D eigenvalue weighted by molar-refractivity contribution is -0.122. The molecule has 2 rings (SSSR count). The molecular formula is C28H40O4. The molecule has 0 fully saturated rings. The lowest BCUT2D eigenvalue weighted by atomic mass is 9.85. The largest absolute Gasteiger partial charge is 0.497 e. The van der Waals surface area contributed by atoms with Crippen molar-refractivity contribution >= 4 is 5.78 Å². The third kappa shape index (κ3) is 9.54. The molecule has 1 aromatic rings. The second-order valence-electron chi connectivity index (χ2n) is 8.43. The van der Waals surface area contributed by atoms with E-state index in [4.69, 9.17) is 9.47 Å². The van der Waals surface area contributed by atoms with E-state index < -0.39 is 6.10 Å². The average Bonchev–Trinajstić information content (AvgIpc) is 3.18. The first kappa shape index (κ1) is 26.1. The number of methoxy groups -OCH3 is 1. The summed E-state index contributed by atoms with van der Waals surface area (Å²) in [5.41, 5.74) is 1.15. The summed E-state index contributed by atoms with van der Waals surface area (Å²) in [5, 5.41) is 10.5. The van der Waals surface area contributed by atoms with E-state index in [1.54, 1.807) is 13.2 Å². The molecule has 0 bridgehead atoms. The van der Waals surface area contributed by atoms with Crippen molar-refractivity contribution in [3.63, 3.8) is 0 Å². The molecule has 0 heterocycles. The van der Waals surface area contributed by atoms with Crippen molar-refractivity contribution < 1.29 is 19.4 Å². The molecule has 0 saturated heterocycles. The van der Waals surface area contributed by atoms with Crippen LogP contribution in [0.2, 0.25) is 0 Å². The van der Waals surface area contributed by atoms with Gasteiger partial charge in [-0.25, -0.2) is 0 Å². The van der Waals surface area contributed by atoms with Crippen LogP contribution >= 0.6 is 0 Å². The third-order valence-corrected chi connectivity index (χ3v) is 5.90. The zero-order valence-electron chi connectivity index (χ0n) is 19.7. The first-order valence-corrected chi connectivity index (χ1v) is 12.1. The Bertz CT molecular complexity index is 732. The Morgan fingerprint density at radius 3 is 2.53 bits per heavy atom. The van der Waals surface area contributed by atoms with Crippen molar-refractivity contribution in [1.29, 1.82) is 0 Å². The van der Waals surface area contributed by atoms with Crippen LogP contribution in [0.3, 0.4) is 0 Å². The van der Waals surface area contributed by atoms with Crippen molar-refractivity contribution in [2.24, 2.45) is 11.8 Å². The Morgan fingerprint density at radius 1 is 1.03 bits per heavy atom. The molecule has 3 atom stereocenters. The number of ether oxygens (including phenoxy) is 2. The summed E-state index contributed by atoms with van der Waals surface area (Å²) >= 11 is 0. The summed E-state index contributed by atoms with van der Waals surface area (Å²) < 4.78 is 10.9. The second-order valence-corrected chi connectivity index (χ2v) is 8.43. The molecule has 4 heteroatoms. The molecule has 1 N–H and O–H groups in total. The Balaban J connectivity index is 1.57. The highest BCUT2D eigenvalue weighted by molar-refractivity contribution is 5.95. The highest BCUT2D eigenvalue weighted by Crippen LogP contribution is 2.31. The number of hydrogen-bond donors (Lipinski definition) is 1. The van der Waals surface area contributed by atoms with Crippen LogP contribution in [0.5, 0.6) is 5.75 Å². The van der Waals surface area contributed by atoms with E-state index in [0.717, 1.165) is 62.9 Å². The molecule has 1 aliphatic carbocycles. The van der Waals surface area contributed by atoms with Crippen LogP contribution in [0.25, 0.3) is 0 Å². The number of aliphatic hydroxyl groups is 1. The van der Waals surface area contributed by atoms with Gasteiger partial charge in [-0.2, -0.15) is 0 Å². The Labute approximate surface area is 194 Å². The summed E-state index contributed by atoms with van der Waals surface area (Å²) in [7, 11) is 1.67. The van der Waals surface area contributed by atoms with Gasteiger partial charge in [0.25, 0.3) is 0 Å². The van der Waals surface area contributed by atoms with Crippen LogP contribution in [-0.4, -0.2) is 30.7 Å². The van der Waals surface area contributed by atoms with E-state index >= 15 is 0 Å². The number of unbranched alkanes of at least 4 members (excludes halogenated alkanes) is 3. The first-order chi connectivity index (χ1) is 15.7. The van der Waals surface area contributed by atoms with Crippen LogP contribution in [0, 0.1) is 11.8 Å². The van der Waals surface area contributed by atoms with Gasteiger partial charge in [-0.3, -0.25) is 4.79 Å². The molecule has 0 spiro atoms. The van der Waals surface area contributed by atoms with Gasteiger partial charge in [0.05, 0.1) is 25.7 Å². The Hall–Kier alpha value is -2.17. The first-order valence-electron chi connectivity index (χ1n) is 12.1. The topological polar surface area (TPSA) is 55.8 Å². The molecule has 2 unspecified atom stereocenters. The molecule has 0 aliphatic heterocycles. The SMILES string of the molecule is CC/C=C\CCCC(O)C1C(=O)C=C[C@@H]1C/C=C\CCCCOCc1ccc(OC)cc1. The maximum atomic E-state index is 12.2. The number of aliphatic hydroxyl groups excluding tert-OH is 1. The monoisotopic (exact) mass is 440 g/mol. The molecular weight excluding hydrogens is 400 g/mol. The minimum absolute atomic E-state index is 0.0778. The number of hydrogen-bond acceptors (Lipinski definition) is 4. The standard InChI is InChI=1S/C28H40O4/c1-3-4-5-7-11-14-26(29)28-24(17-20-27(28)30)13-10-8-6-9-12-21-32-22-23-15-18-25(31-2)19-16-23/h4-5,8,10,15-20,24,26,28-29H,3,6-7,9,11-14,21-22H2,1-2H3/b5-4-,10-8-/t24-,26?,28?/m0/s1. The Kier molecular flexibility index (Phi) is 12.7. The maximum Gasteiger partial charge on any atom is 0.161 e. The molecule has 0 aromatic heterocycles. The van der Waals surface area contributed by atoms with Gasteiger partial charge in [-0.15, -0.1) is 0 Å². The highest BCUT2D eigenvalue weighted by Gasteiger charge is 2.34. The summed E-state index contributed by atoms with van der Waals surface area (Å²) in [6.07, 6.45) is 19.3. The van der Waals surface area contributed by atoms with Crippen molar-refractivity contribution in [3.8, 4) is 5.75 Å². The predicted octanol–water partition coefficient (Wildman–Crippen LogP) is 6.20. The Morgan fingerprint density at radius 2 is 1.78 bits per heavy atom. The smallest absolute Gasteiger partial charge is 0.161 e. The fourth-order valence-corrected chi connectivity index (χ4v) is 4.02. The third-order valence-electron chi connectivity index (χ3n) is 5.90. The molecule has 1 aromatic carbocycles. The van der Waals surface area contributed by atoms with E-state index in [1.165, 1.54) is 0 Å². The van der Waals surface area contributed by atoms with Gasteiger partial charge in [-0.05, 0) is 81.1 Å². The lowest BCUT2D eigenvalue weighted by Gasteiger charge is -2.22. The molecule has 176 valence electrons. The van der Waals surface area contributed by atoms with Crippen molar-refractivity contribution in [3.05, 3.63) is 66.3 Å². The van der Waals surface area contributed by atoms with Gasteiger partial charge >= 0.3 is 0 Å². The van der Waals surface area contributed by atoms with Crippen molar-refractivity contribution in [2.45, 2.75) is 71.0 Å². The summed E-state index contributed by atoms with van der Waals surface area (Å²) in [5.74, 6) is 0.779. The van der Waals surface area contributed by atoms with Gasteiger partial charge in [0.1, 0.15) is 5.75 Å². The van der Waals surface area contributed by atoms with E-state index in [2.05, 4.69) is 31.2 Å². The lowest BCUT2D eigenvalue weighted by Crippen LogP contribution is -2.29. The molecule has 0 radical (unpaired) electrons. The minimum Gasteiger partial charge on any atom is -0.497 e. The summed E-state index contributed by atoms with van der Waals surface area (Å²) in [6.45, 7) is 3.49. The zero-order valence-corrected chi connectivity index (χ0v) is 19.7. The van der Waals surface area contributed by atoms with Crippen LogP contribution in [0.4, 0.5) is 0 Å². The maximum absolute atomic E-state index is 12.2. The van der Waals surface area contributed by atoms with Gasteiger partial charge in [0.2, 0.25) is 0 Å². The number of carbonyl (C=O) groups is 1. The number of rotatable bonds is 16. The number of allylic oxidation sites excluding steroid dienone is 6. The van der Waals surface area contributed by atoms with E-state index in [-0.39, 0.29) is 17.6 Å². The fourth-order valence-electron chi connectivity index (χ4n) is 4.02. The van der Waals surface area contributed by atoms with Gasteiger partial charge in [0, 0.05) is 6.61 Å². The minimum atomic E-state index is -0.547. The van der Waals surface area contributed by atoms with Crippen molar-refractivity contribution in [2.75, 3.05) is 13.7 Å². The van der Waals surface area contributed by atoms with Crippen LogP contribution < -0.4 is 4.74 Å². The highest BCUT2D eigenvalue weighted by atomic mass is 16.5. The van der Waals surface area contributed by atoms with E-state index in [0.29, 0.717) is 13.0 Å². The number of ketones is 1. The van der Waals surface area contributed by atoms with Crippen LogP contribution in [0.1, 0.15) is 63.9 Å². The number of carbonyl (C=O) groups excluding carboxylic acids is 1. The normalized spacial score (nSPS) is 19.4. The quantitative estimate of drug-likeness (QED) is 0.246. The van der Waals surface area contributed by atoms with Crippen molar-refractivity contribution in [1.82, 2.24) is 0 Å². The average molecular weight is 441 g/mol. The van der Waals surface area contributed by atoms with Gasteiger partial charge in [-0.1, -0.05) is 49.4 Å². The van der Waals surface area contributed by atoms with Crippen LogP contribution in [0.15, 0.2) is 60.7 Å². The zero-order chi connectivity index (χ0) is 23.0. The number of benzene rings is 1. The predicted molar refractivity (Wildman–Crippen MR) is 131 cm³/mol. The van der Waals surface area contributed by atoms with Crippen LogP contribution in [-0.2, 0) is 16.1 Å². The molecule has 4 nitrogen and oxygen atoms in total.